The number of hydrogen-bond acceptors (Lipinski definition) is 3. The van der Waals surface area contributed by atoms with Crippen LogP contribution >= 0.6 is 23.2 Å². The normalized spacial score (nSPS) is 16.2. The Bertz CT molecular complexity index is 519. The minimum absolute atomic E-state index is 0.107. The highest BCUT2D eigenvalue weighted by Gasteiger charge is 2.23. The van der Waals surface area contributed by atoms with Gasteiger partial charge >= 0.3 is 0 Å². The Hall–Kier alpha value is -1.28. The fraction of sp³-hybridized carbons (Fsp3) is 0.385. The molecule has 0 N–H and O–H groups in total. The molecule has 0 saturated carbocycles. The minimum Gasteiger partial charge on any atom is -0.336 e. The second-order valence-electron chi connectivity index (χ2n) is 4.33. The van der Waals surface area contributed by atoms with E-state index in [0.717, 1.165) is 0 Å². The van der Waals surface area contributed by atoms with Crippen LogP contribution in [0.3, 0.4) is 0 Å². The maximum Gasteiger partial charge on any atom is 0.255 e. The third-order valence-corrected chi connectivity index (χ3v) is 3.95. The zero-order valence-electron chi connectivity index (χ0n) is 10.3. The van der Waals surface area contributed by atoms with E-state index in [2.05, 4.69) is 6.07 Å². The summed E-state index contributed by atoms with van der Waals surface area (Å²) in [7, 11) is 0. The van der Waals surface area contributed by atoms with Crippen LogP contribution in [0, 0.1) is 11.3 Å². The van der Waals surface area contributed by atoms with Crippen LogP contribution in [0.25, 0.3) is 0 Å². The van der Waals surface area contributed by atoms with Crippen molar-refractivity contribution in [3.05, 3.63) is 33.8 Å². The molecule has 1 amide bonds. The SMILES string of the molecule is N#CCN1CCN(C(=O)c2cccc(Cl)c2Cl)CC1. The van der Waals surface area contributed by atoms with E-state index in [4.69, 9.17) is 28.5 Å². The Morgan fingerprint density at radius 1 is 1.26 bits per heavy atom. The van der Waals surface area contributed by atoms with Gasteiger partial charge in [0.05, 0.1) is 28.2 Å². The zero-order valence-corrected chi connectivity index (χ0v) is 11.8. The maximum absolute atomic E-state index is 12.3. The molecule has 1 aromatic carbocycles. The molecule has 1 fully saturated rings. The Morgan fingerprint density at radius 2 is 1.95 bits per heavy atom. The molecule has 0 spiro atoms. The highest BCUT2D eigenvalue weighted by molar-refractivity contribution is 6.43. The molecule has 1 saturated heterocycles. The van der Waals surface area contributed by atoms with Crippen LogP contribution in [0.4, 0.5) is 0 Å². The van der Waals surface area contributed by atoms with Gasteiger partial charge in [-0.1, -0.05) is 29.3 Å². The molecule has 1 heterocycles. The Kier molecular flexibility index (Phi) is 4.65. The zero-order chi connectivity index (χ0) is 13.8. The molecule has 0 atom stereocenters. The Labute approximate surface area is 122 Å². The van der Waals surface area contributed by atoms with Crippen LogP contribution < -0.4 is 0 Å². The molecule has 4 nitrogen and oxygen atoms in total. The van der Waals surface area contributed by atoms with Gasteiger partial charge in [-0.25, -0.2) is 0 Å². The van der Waals surface area contributed by atoms with E-state index in [9.17, 15) is 4.79 Å². The summed E-state index contributed by atoms with van der Waals surface area (Å²) < 4.78 is 0. The predicted octanol–water partition coefficient (Wildman–Crippen LogP) is 2.27. The van der Waals surface area contributed by atoms with Gasteiger partial charge in [0.2, 0.25) is 0 Å². The van der Waals surface area contributed by atoms with Gasteiger partial charge in [0.1, 0.15) is 0 Å². The predicted molar refractivity (Wildman–Crippen MR) is 74.4 cm³/mol. The number of carbonyl (C=O) groups is 1. The first-order valence-corrected chi connectivity index (χ1v) is 6.71. The van der Waals surface area contributed by atoms with E-state index in [1.165, 1.54) is 0 Å². The summed E-state index contributed by atoms with van der Waals surface area (Å²) in [5.74, 6) is -0.107. The fourth-order valence-electron chi connectivity index (χ4n) is 2.05. The number of piperazine rings is 1. The van der Waals surface area contributed by atoms with Gasteiger partial charge < -0.3 is 4.90 Å². The van der Waals surface area contributed by atoms with Crippen LogP contribution in [-0.2, 0) is 0 Å². The molecule has 19 heavy (non-hydrogen) atoms. The van der Waals surface area contributed by atoms with Crippen molar-refractivity contribution in [3.63, 3.8) is 0 Å². The molecule has 0 unspecified atom stereocenters. The molecule has 1 aromatic rings. The largest absolute Gasteiger partial charge is 0.336 e. The van der Waals surface area contributed by atoms with E-state index in [-0.39, 0.29) is 5.91 Å². The number of nitrogens with zero attached hydrogens (tertiary/aromatic N) is 3. The molecule has 0 aromatic heterocycles. The average molecular weight is 298 g/mol. The second-order valence-corrected chi connectivity index (χ2v) is 5.11. The van der Waals surface area contributed by atoms with Crippen LogP contribution in [0.5, 0.6) is 0 Å². The lowest BCUT2D eigenvalue weighted by Crippen LogP contribution is -2.48. The summed E-state index contributed by atoms with van der Waals surface area (Å²) in [6.45, 7) is 3.02. The molecule has 1 aliphatic heterocycles. The van der Waals surface area contributed by atoms with Crippen molar-refractivity contribution in [1.82, 2.24) is 9.80 Å². The van der Waals surface area contributed by atoms with Gasteiger partial charge in [-0.05, 0) is 12.1 Å². The number of halogens is 2. The van der Waals surface area contributed by atoms with E-state index in [1.54, 1.807) is 23.1 Å². The topological polar surface area (TPSA) is 47.3 Å². The monoisotopic (exact) mass is 297 g/mol. The van der Waals surface area contributed by atoms with Crippen molar-refractivity contribution in [2.24, 2.45) is 0 Å². The van der Waals surface area contributed by atoms with Gasteiger partial charge in [-0.2, -0.15) is 5.26 Å². The molecular formula is C13H13Cl2N3O. The van der Waals surface area contributed by atoms with Crippen LogP contribution in [0.1, 0.15) is 10.4 Å². The first-order valence-electron chi connectivity index (χ1n) is 5.96. The van der Waals surface area contributed by atoms with E-state index in [0.29, 0.717) is 48.3 Å². The van der Waals surface area contributed by atoms with E-state index >= 15 is 0 Å². The van der Waals surface area contributed by atoms with Gasteiger partial charge in [0, 0.05) is 26.2 Å². The standard InChI is InChI=1S/C13H13Cl2N3O/c14-11-3-1-2-10(12(11)15)13(19)18-8-6-17(5-4-16)7-9-18/h1-3H,5-9H2. The van der Waals surface area contributed by atoms with Gasteiger partial charge in [-0.15, -0.1) is 0 Å². The third kappa shape index (κ3) is 3.19. The van der Waals surface area contributed by atoms with Crippen molar-refractivity contribution in [1.29, 1.82) is 5.26 Å². The number of nitriles is 1. The van der Waals surface area contributed by atoms with E-state index in [1.807, 2.05) is 4.90 Å². The summed E-state index contributed by atoms with van der Waals surface area (Å²) in [5.41, 5.74) is 0.433. The van der Waals surface area contributed by atoms with Crippen molar-refractivity contribution in [3.8, 4) is 6.07 Å². The number of amides is 1. The molecule has 2 rings (SSSR count). The van der Waals surface area contributed by atoms with Crippen molar-refractivity contribution in [2.75, 3.05) is 32.7 Å². The Morgan fingerprint density at radius 3 is 2.58 bits per heavy atom. The summed E-state index contributed by atoms with van der Waals surface area (Å²) in [4.78, 5) is 16.1. The van der Waals surface area contributed by atoms with Crippen molar-refractivity contribution in [2.45, 2.75) is 0 Å². The number of hydrogen-bond donors (Lipinski definition) is 0. The van der Waals surface area contributed by atoms with Crippen LogP contribution in [0.15, 0.2) is 18.2 Å². The first kappa shape index (κ1) is 14.1. The molecule has 1 aliphatic rings. The molecule has 0 radical (unpaired) electrons. The summed E-state index contributed by atoms with van der Waals surface area (Å²) >= 11 is 12.0. The van der Waals surface area contributed by atoms with Crippen LogP contribution in [0.2, 0.25) is 10.0 Å². The average Bonchev–Trinajstić information content (AvgIpc) is 2.42. The summed E-state index contributed by atoms with van der Waals surface area (Å²) in [6.07, 6.45) is 0. The summed E-state index contributed by atoms with van der Waals surface area (Å²) in [6, 6.07) is 7.17. The molecule has 0 aliphatic carbocycles. The van der Waals surface area contributed by atoms with Crippen molar-refractivity contribution < 1.29 is 4.79 Å². The minimum atomic E-state index is -0.107. The van der Waals surface area contributed by atoms with Crippen LogP contribution in [-0.4, -0.2) is 48.4 Å². The second kappa shape index (κ2) is 6.25. The molecule has 100 valence electrons. The summed E-state index contributed by atoms with van der Waals surface area (Å²) in [5, 5.41) is 9.32. The lowest BCUT2D eigenvalue weighted by atomic mass is 10.2. The number of carbonyl (C=O) groups excluding carboxylic acids is 1. The molecule has 6 heteroatoms. The lowest BCUT2D eigenvalue weighted by molar-refractivity contribution is 0.0652. The van der Waals surface area contributed by atoms with Gasteiger partial charge in [0.25, 0.3) is 5.91 Å². The Balaban J connectivity index is 2.06. The van der Waals surface area contributed by atoms with E-state index < -0.39 is 0 Å². The van der Waals surface area contributed by atoms with Gasteiger partial charge in [0.15, 0.2) is 0 Å². The number of rotatable bonds is 2. The van der Waals surface area contributed by atoms with Crippen molar-refractivity contribution >= 4 is 29.1 Å². The first-order chi connectivity index (χ1) is 9.13. The third-order valence-electron chi connectivity index (χ3n) is 3.14. The number of benzene rings is 1. The maximum atomic E-state index is 12.3. The highest BCUT2D eigenvalue weighted by atomic mass is 35.5. The smallest absolute Gasteiger partial charge is 0.255 e. The fourth-order valence-corrected chi connectivity index (χ4v) is 2.43. The lowest BCUT2D eigenvalue weighted by Gasteiger charge is -2.33. The quantitative estimate of drug-likeness (QED) is 0.787. The molecular weight excluding hydrogens is 285 g/mol. The van der Waals surface area contributed by atoms with Gasteiger partial charge in [-0.3, -0.25) is 9.69 Å². The molecule has 0 bridgehead atoms. The highest BCUT2D eigenvalue weighted by Crippen LogP contribution is 2.26.